The lowest BCUT2D eigenvalue weighted by Gasteiger charge is -2.29. The van der Waals surface area contributed by atoms with Crippen molar-refractivity contribution in [1.29, 1.82) is 0 Å². The van der Waals surface area contributed by atoms with Crippen molar-refractivity contribution in [3.63, 3.8) is 0 Å². The Kier molecular flexibility index (Phi) is 3.49. The monoisotopic (exact) mass is 224 g/mol. The maximum atomic E-state index is 11.7. The highest BCUT2D eigenvalue weighted by molar-refractivity contribution is 7.09. The van der Waals surface area contributed by atoms with Crippen LogP contribution in [0.2, 0.25) is 0 Å². The lowest BCUT2D eigenvalue weighted by Crippen LogP contribution is -2.39. The van der Waals surface area contributed by atoms with Crippen molar-refractivity contribution in [2.45, 2.75) is 38.3 Å². The second kappa shape index (κ2) is 4.86. The lowest BCUT2D eigenvalue weighted by molar-refractivity contribution is -0.125. The topological polar surface area (TPSA) is 33.2 Å². The van der Waals surface area contributed by atoms with Gasteiger partial charge in [-0.2, -0.15) is 0 Å². The Morgan fingerprint density at radius 1 is 1.60 bits per heavy atom. The molecule has 4 heteroatoms. The number of thiazole rings is 1. The third-order valence-corrected chi connectivity index (χ3v) is 3.71. The molecule has 15 heavy (non-hydrogen) atoms. The molecule has 1 atom stereocenters. The summed E-state index contributed by atoms with van der Waals surface area (Å²) >= 11 is 1.65. The molecule has 1 heterocycles. The van der Waals surface area contributed by atoms with Crippen molar-refractivity contribution in [3.8, 4) is 0 Å². The first-order valence-electron chi connectivity index (χ1n) is 5.37. The minimum atomic E-state index is 0.140. The number of likely N-dealkylation sites (N-methyl/N-ethyl adjacent to an activating group) is 1. The Bertz CT molecular complexity index is 323. The van der Waals surface area contributed by atoms with Crippen LogP contribution >= 0.6 is 11.3 Å². The molecule has 1 aromatic heterocycles. The van der Waals surface area contributed by atoms with Crippen molar-refractivity contribution in [1.82, 2.24) is 9.88 Å². The Labute approximate surface area is 94.1 Å². The van der Waals surface area contributed by atoms with Gasteiger partial charge in [0.25, 0.3) is 0 Å². The third kappa shape index (κ3) is 2.63. The van der Waals surface area contributed by atoms with E-state index in [4.69, 9.17) is 0 Å². The highest BCUT2D eigenvalue weighted by Crippen LogP contribution is 2.20. The van der Waals surface area contributed by atoms with E-state index < -0.39 is 0 Å². The number of ketones is 1. The van der Waals surface area contributed by atoms with Crippen molar-refractivity contribution < 1.29 is 4.79 Å². The van der Waals surface area contributed by atoms with Crippen LogP contribution in [-0.4, -0.2) is 28.8 Å². The van der Waals surface area contributed by atoms with E-state index in [-0.39, 0.29) is 6.04 Å². The summed E-state index contributed by atoms with van der Waals surface area (Å²) in [6.07, 6.45) is 5.92. The minimum absolute atomic E-state index is 0.140. The smallest absolute Gasteiger partial charge is 0.149 e. The number of nitrogens with zero attached hydrogens (tertiary/aromatic N) is 2. The summed E-state index contributed by atoms with van der Waals surface area (Å²) in [7, 11) is 2.04. The van der Waals surface area contributed by atoms with Gasteiger partial charge in [0, 0.05) is 24.0 Å². The second-order valence-electron chi connectivity index (χ2n) is 4.11. The van der Waals surface area contributed by atoms with Gasteiger partial charge in [-0.1, -0.05) is 6.42 Å². The van der Waals surface area contributed by atoms with Crippen molar-refractivity contribution in [2.24, 2.45) is 0 Å². The summed E-state index contributed by atoms with van der Waals surface area (Å²) < 4.78 is 0. The second-order valence-corrected chi connectivity index (χ2v) is 5.08. The van der Waals surface area contributed by atoms with Crippen LogP contribution in [0.1, 0.15) is 30.6 Å². The predicted octanol–water partition coefficient (Wildman–Crippen LogP) is 2.09. The zero-order valence-corrected chi connectivity index (χ0v) is 9.80. The summed E-state index contributed by atoms with van der Waals surface area (Å²) in [5, 5.41) is 0. The standard InChI is InChI=1S/C11H16N2OS/c1-13(7-9-6-12-8-15-9)10-4-2-3-5-11(10)14/h6,8,10H,2-5,7H2,1H3. The zero-order valence-electron chi connectivity index (χ0n) is 8.98. The van der Waals surface area contributed by atoms with Crippen LogP contribution in [0.15, 0.2) is 11.7 Å². The molecule has 3 nitrogen and oxygen atoms in total. The van der Waals surface area contributed by atoms with Gasteiger partial charge in [-0.3, -0.25) is 14.7 Å². The highest BCUT2D eigenvalue weighted by Gasteiger charge is 2.25. The van der Waals surface area contributed by atoms with Crippen LogP contribution in [0.25, 0.3) is 0 Å². The molecule has 1 unspecified atom stereocenters. The molecule has 1 aliphatic rings. The first-order chi connectivity index (χ1) is 7.27. The molecule has 0 aliphatic heterocycles. The van der Waals surface area contributed by atoms with E-state index in [1.807, 2.05) is 18.8 Å². The third-order valence-electron chi connectivity index (χ3n) is 2.94. The summed E-state index contributed by atoms with van der Waals surface area (Å²) in [6.45, 7) is 0.848. The fourth-order valence-electron chi connectivity index (χ4n) is 2.11. The number of Topliss-reactive ketones (excluding diaryl/α,β-unsaturated/α-hetero) is 1. The molecule has 82 valence electrons. The largest absolute Gasteiger partial charge is 0.298 e. The minimum Gasteiger partial charge on any atom is -0.298 e. The summed E-state index contributed by atoms with van der Waals surface area (Å²) in [6, 6.07) is 0.140. The Hall–Kier alpha value is -0.740. The van der Waals surface area contributed by atoms with Gasteiger partial charge < -0.3 is 0 Å². The van der Waals surface area contributed by atoms with E-state index in [2.05, 4.69) is 9.88 Å². The van der Waals surface area contributed by atoms with Crippen LogP contribution in [0, 0.1) is 0 Å². The van der Waals surface area contributed by atoms with Crippen LogP contribution in [0.3, 0.4) is 0 Å². The van der Waals surface area contributed by atoms with Gasteiger partial charge >= 0.3 is 0 Å². The fraction of sp³-hybridized carbons (Fsp3) is 0.636. The first-order valence-corrected chi connectivity index (χ1v) is 6.25. The van der Waals surface area contributed by atoms with Gasteiger partial charge in [0.05, 0.1) is 11.6 Å². The van der Waals surface area contributed by atoms with Crippen LogP contribution < -0.4 is 0 Å². The molecule has 0 saturated heterocycles. The van der Waals surface area contributed by atoms with E-state index in [1.54, 1.807) is 11.3 Å². The number of carbonyl (C=O) groups excluding carboxylic acids is 1. The summed E-state index contributed by atoms with van der Waals surface area (Å²) in [4.78, 5) is 19.2. The maximum Gasteiger partial charge on any atom is 0.149 e. The van der Waals surface area contributed by atoms with Crippen molar-refractivity contribution in [2.75, 3.05) is 7.05 Å². The number of aromatic nitrogens is 1. The van der Waals surface area contributed by atoms with Gasteiger partial charge in [-0.05, 0) is 19.9 Å². The normalized spacial score (nSPS) is 22.3. The Morgan fingerprint density at radius 3 is 3.13 bits per heavy atom. The van der Waals surface area contributed by atoms with E-state index in [1.165, 1.54) is 11.3 Å². The van der Waals surface area contributed by atoms with E-state index in [0.717, 1.165) is 25.8 Å². The van der Waals surface area contributed by atoms with Gasteiger partial charge in [-0.25, -0.2) is 0 Å². The van der Waals surface area contributed by atoms with E-state index >= 15 is 0 Å². The van der Waals surface area contributed by atoms with Gasteiger partial charge in [0.2, 0.25) is 0 Å². The molecule has 0 bridgehead atoms. The molecule has 0 spiro atoms. The summed E-state index contributed by atoms with van der Waals surface area (Å²) in [5.41, 5.74) is 1.84. The fourth-order valence-corrected chi connectivity index (χ4v) is 2.76. The summed E-state index contributed by atoms with van der Waals surface area (Å²) in [5.74, 6) is 0.410. The SMILES string of the molecule is CN(Cc1cncs1)C1CCCCC1=O. The van der Waals surface area contributed by atoms with Crippen molar-refractivity contribution >= 4 is 17.1 Å². The average Bonchev–Trinajstić information content (AvgIpc) is 2.71. The molecule has 0 radical (unpaired) electrons. The first kappa shape index (κ1) is 10.8. The van der Waals surface area contributed by atoms with Crippen LogP contribution in [0.5, 0.6) is 0 Å². The maximum absolute atomic E-state index is 11.7. The molecular weight excluding hydrogens is 208 g/mol. The predicted molar refractivity (Wildman–Crippen MR) is 60.8 cm³/mol. The molecule has 1 aliphatic carbocycles. The van der Waals surface area contributed by atoms with Gasteiger partial charge in [0.1, 0.15) is 5.78 Å². The molecule has 0 aromatic carbocycles. The van der Waals surface area contributed by atoms with Gasteiger partial charge in [0.15, 0.2) is 0 Å². The lowest BCUT2D eigenvalue weighted by atomic mass is 9.93. The molecule has 2 rings (SSSR count). The zero-order chi connectivity index (χ0) is 10.7. The quantitative estimate of drug-likeness (QED) is 0.788. The number of hydrogen-bond acceptors (Lipinski definition) is 4. The molecule has 1 fully saturated rings. The molecular formula is C11H16N2OS. The number of hydrogen-bond donors (Lipinski definition) is 0. The Morgan fingerprint density at radius 2 is 2.47 bits per heavy atom. The number of carbonyl (C=O) groups is 1. The van der Waals surface area contributed by atoms with Crippen LogP contribution in [-0.2, 0) is 11.3 Å². The highest BCUT2D eigenvalue weighted by atomic mass is 32.1. The molecule has 0 N–H and O–H groups in total. The van der Waals surface area contributed by atoms with E-state index in [9.17, 15) is 4.79 Å². The average molecular weight is 224 g/mol. The Balaban J connectivity index is 1.94. The molecule has 1 saturated carbocycles. The van der Waals surface area contributed by atoms with Crippen LogP contribution in [0.4, 0.5) is 0 Å². The van der Waals surface area contributed by atoms with Gasteiger partial charge in [-0.15, -0.1) is 11.3 Å². The van der Waals surface area contributed by atoms with Crippen molar-refractivity contribution in [3.05, 3.63) is 16.6 Å². The molecule has 1 aromatic rings. The molecule has 0 amide bonds. The number of rotatable bonds is 3. The van der Waals surface area contributed by atoms with E-state index in [0.29, 0.717) is 5.78 Å².